The van der Waals surface area contributed by atoms with Gasteiger partial charge in [0, 0.05) is 0 Å². The van der Waals surface area contributed by atoms with Gasteiger partial charge in [0.1, 0.15) is 10.5 Å². The monoisotopic (exact) mass is 228 g/mol. The lowest BCUT2D eigenvalue weighted by Crippen LogP contribution is -2.05. The lowest BCUT2D eigenvalue weighted by Gasteiger charge is -2.18. The molecule has 0 N–H and O–H groups in total. The van der Waals surface area contributed by atoms with Gasteiger partial charge in [-0.1, -0.05) is 54.6 Å². The molecular weight excluding hydrogens is 212 g/mol. The second-order valence-corrected chi connectivity index (χ2v) is 4.35. The van der Waals surface area contributed by atoms with Gasteiger partial charge in [-0.2, -0.15) is 0 Å². The Kier molecular flexibility index (Phi) is 3.54. The van der Waals surface area contributed by atoms with Crippen molar-refractivity contribution in [1.82, 2.24) is 0 Å². The van der Waals surface area contributed by atoms with Crippen LogP contribution >= 0.6 is 0 Å². The smallest absolute Gasteiger partial charge is 0.147 e. The third kappa shape index (κ3) is 2.23. The van der Waals surface area contributed by atoms with Gasteiger partial charge in [-0.3, -0.25) is 0 Å². The minimum Gasteiger partial charge on any atom is -0.417 e. The van der Waals surface area contributed by atoms with Crippen molar-refractivity contribution >= 4 is 10.5 Å². The van der Waals surface area contributed by atoms with Gasteiger partial charge >= 0.3 is 0 Å². The third-order valence-electron chi connectivity index (χ3n) is 2.81. The van der Waals surface area contributed by atoms with Crippen LogP contribution in [0, 0.1) is 6.92 Å². The molecule has 0 amide bonds. The number of hydrogen-bond acceptors (Lipinski definition) is 1. The van der Waals surface area contributed by atoms with E-state index >= 15 is 0 Å². The maximum absolute atomic E-state index is 5.74. The summed E-state index contributed by atoms with van der Waals surface area (Å²) in [4.78, 5) is 0. The normalized spacial score (nSPS) is 12.6. The van der Waals surface area contributed by atoms with Crippen LogP contribution in [0.15, 0.2) is 54.6 Å². The lowest BCUT2D eigenvalue weighted by molar-refractivity contribution is 0.272. The highest BCUT2D eigenvalue weighted by Gasteiger charge is 2.13. The highest BCUT2D eigenvalue weighted by Crippen LogP contribution is 2.27. The fraction of sp³-hybridized carbons (Fsp3) is 0.143. The summed E-state index contributed by atoms with van der Waals surface area (Å²) in [6.45, 7) is 2.13. The summed E-state index contributed by atoms with van der Waals surface area (Å²) >= 11 is 0. The summed E-state index contributed by atoms with van der Waals surface area (Å²) in [7, 11) is 0.740. The zero-order chi connectivity index (χ0) is 11.4. The van der Waals surface area contributed by atoms with Crippen molar-refractivity contribution in [3.8, 4) is 0 Å². The predicted octanol–water partition coefficient (Wildman–Crippen LogP) is 2.38. The van der Waals surface area contributed by atoms with Gasteiger partial charge in [0.05, 0.1) is 6.10 Å². The van der Waals surface area contributed by atoms with Gasteiger partial charge in [0.15, 0.2) is 0 Å². The van der Waals surface area contributed by atoms with E-state index in [1.165, 1.54) is 16.7 Å². The first-order valence-corrected chi connectivity index (χ1v) is 6.28. The first-order chi connectivity index (χ1) is 7.83. The Bertz CT molecular complexity index is 453. The van der Waals surface area contributed by atoms with Crippen molar-refractivity contribution in [2.45, 2.75) is 13.0 Å². The molecule has 0 aliphatic carbocycles. The predicted molar refractivity (Wildman–Crippen MR) is 70.5 cm³/mol. The van der Waals surface area contributed by atoms with Crippen LogP contribution in [-0.2, 0) is 4.43 Å². The van der Waals surface area contributed by atoms with Crippen molar-refractivity contribution in [3.05, 3.63) is 71.3 Å². The molecular formula is C14H16OSi. The summed E-state index contributed by atoms with van der Waals surface area (Å²) in [5.74, 6) is 0. The van der Waals surface area contributed by atoms with Crippen LogP contribution < -0.4 is 0 Å². The molecule has 82 valence electrons. The maximum atomic E-state index is 5.74. The minimum absolute atomic E-state index is 0.0917. The molecule has 0 aliphatic heterocycles. The Morgan fingerprint density at radius 2 is 1.56 bits per heavy atom. The fourth-order valence-corrected chi connectivity index (χ4v) is 2.48. The van der Waals surface area contributed by atoms with Crippen molar-refractivity contribution < 1.29 is 4.43 Å². The molecule has 0 aliphatic rings. The molecule has 0 radical (unpaired) electrons. The highest BCUT2D eigenvalue weighted by atomic mass is 28.2. The largest absolute Gasteiger partial charge is 0.417 e. The molecule has 2 rings (SSSR count). The molecule has 2 heteroatoms. The SMILES string of the molecule is Cc1ccccc1C(O[SiH3])c1ccccc1. The maximum Gasteiger partial charge on any atom is 0.147 e. The van der Waals surface area contributed by atoms with E-state index in [1.54, 1.807) is 0 Å². The van der Waals surface area contributed by atoms with E-state index in [4.69, 9.17) is 4.43 Å². The van der Waals surface area contributed by atoms with E-state index in [2.05, 4.69) is 55.5 Å². The van der Waals surface area contributed by atoms with E-state index in [-0.39, 0.29) is 6.10 Å². The number of aryl methyl sites for hydroxylation is 1. The van der Waals surface area contributed by atoms with Crippen molar-refractivity contribution in [2.75, 3.05) is 0 Å². The van der Waals surface area contributed by atoms with Gasteiger partial charge in [0.2, 0.25) is 0 Å². The van der Waals surface area contributed by atoms with E-state index in [1.807, 2.05) is 6.07 Å². The zero-order valence-corrected chi connectivity index (χ0v) is 11.7. The summed E-state index contributed by atoms with van der Waals surface area (Å²) < 4.78 is 5.74. The number of rotatable bonds is 3. The molecule has 0 saturated heterocycles. The lowest BCUT2D eigenvalue weighted by atomic mass is 9.98. The van der Waals surface area contributed by atoms with Crippen LogP contribution in [0.4, 0.5) is 0 Å². The first-order valence-electron chi connectivity index (χ1n) is 5.46. The Morgan fingerprint density at radius 3 is 2.19 bits per heavy atom. The molecule has 0 aromatic heterocycles. The molecule has 0 spiro atoms. The van der Waals surface area contributed by atoms with Crippen LogP contribution in [0.1, 0.15) is 22.8 Å². The van der Waals surface area contributed by atoms with E-state index in [0.717, 1.165) is 10.5 Å². The van der Waals surface area contributed by atoms with Crippen LogP contribution in [0.3, 0.4) is 0 Å². The van der Waals surface area contributed by atoms with Crippen molar-refractivity contribution in [3.63, 3.8) is 0 Å². The summed E-state index contributed by atoms with van der Waals surface area (Å²) in [5, 5.41) is 0. The highest BCUT2D eigenvalue weighted by molar-refractivity contribution is 5.98. The third-order valence-corrected chi connectivity index (χ3v) is 3.28. The van der Waals surface area contributed by atoms with Gasteiger partial charge in [-0.25, -0.2) is 0 Å². The van der Waals surface area contributed by atoms with E-state index in [0.29, 0.717) is 0 Å². The van der Waals surface area contributed by atoms with Crippen LogP contribution in [0.2, 0.25) is 0 Å². The van der Waals surface area contributed by atoms with E-state index < -0.39 is 0 Å². The van der Waals surface area contributed by atoms with Gasteiger partial charge in [-0.15, -0.1) is 0 Å². The van der Waals surface area contributed by atoms with Crippen LogP contribution in [0.25, 0.3) is 0 Å². The topological polar surface area (TPSA) is 9.23 Å². The number of hydrogen-bond donors (Lipinski definition) is 0. The average Bonchev–Trinajstić information content (AvgIpc) is 2.34. The molecule has 1 unspecified atom stereocenters. The Labute approximate surface area is 99.6 Å². The van der Waals surface area contributed by atoms with Crippen LogP contribution in [-0.4, -0.2) is 10.5 Å². The average molecular weight is 228 g/mol. The molecule has 16 heavy (non-hydrogen) atoms. The minimum atomic E-state index is 0.0917. The second kappa shape index (κ2) is 5.10. The molecule has 2 aromatic carbocycles. The number of benzene rings is 2. The standard InChI is InChI=1S/C14H16OSi/c1-11-7-5-6-10-13(11)14(15-16)12-8-3-2-4-9-12/h2-10,14H,1,16H3. The molecule has 0 fully saturated rings. The Hall–Kier alpha value is -1.38. The van der Waals surface area contributed by atoms with Crippen molar-refractivity contribution in [1.29, 1.82) is 0 Å². The first kappa shape index (κ1) is 11.1. The molecule has 0 saturated carbocycles. The Morgan fingerprint density at radius 1 is 0.938 bits per heavy atom. The second-order valence-electron chi connectivity index (χ2n) is 3.88. The summed E-state index contributed by atoms with van der Waals surface area (Å²) in [5.41, 5.74) is 3.78. The quantitative estimate of drug-likeness (QED) is 0.733. The summed E-state index contributed by atoms with van der Waals surface area (Å²) in [6.07, 6.45) is 0.0917. The fourth-order valence-electron chi connectivity index (χ4n) is 1.95. The summed E-state index contributed by atoms with van der Waals surface area (Å²) in [6, 6.07) is 18.8. The molecule has 2 aromatic rings. The van der Waals surface area contributed by atoms with Crippen molar-refractivity contribution in [2.24, 2.45) is 0 Å². The molecule has 0 heterocycles. The van der Waals surface area contributed by atoms with Gasteiger partial charge in [0.25, 0.3) is 0 Å². The molecule has 1 nitrogen and oxygen atoms in total. The van der Waals surface area contributed by atoms with E-state index in [9.17, 15) is 0 Å². The zero-order valence-electron chi connectivity index (χ0n) is 9.68. The molecule has 1 atom stereocenters. The Balaban J connectivity index is 2.41. The van der Waals surface area contributed by atoms with Gasteiger partial charge in [-0.05, 0) is 23.6 Å². The van der Waals surface area contributed by atoms with Gasteiger partial charge < -0.3 is 4.43 Å². The molecule has 0 bridgehead atoms. The van der Waals surface area contributed by atoms with Crippen LogP contribution in [0.5, 0.6) is 0 Å².